The van der Waals surface area contributed by atoms with E-state index in [4.69, 9.17) is 6.57 Å². The summed E-state index contributed by atoms with van der Waals surface area (Å²) in [6.45, 7) is 7.64. The molecule has 0 aliphatic carbocycles. The average molecular weight is 829 g/mol. The van der Waals surface area contributed by atoms with Gasteiger partial charge in [-0.3, -0.25) is 0 Å². The minimum atomic E-state index is 0.611. The molecule has 0 saturated heterocycles. The van der Waals surface area contributed by atoms with Gasteiger partial charge in [0.25, 0.3) is 0 Å². The smallest absolute Gasteiger partial charge is 0.187 e. The van der Waals surface area contributed by atoms with E-state index in [0.29, 0.717) is 5.69 Å². The number of hydrogen-bond acceptors (Lipinski definition) is 2. The summed E-state index contributed by atoms with van der Waals surface area (Å²) in [5.74, 6) is 0. The second kappa shape index (κ2) is 15.8. The largest absolute Gasteiger partial charge is 0.311 e. The highest BCUT2D eigenvalue weighted by Crippen LogP contribution is 2.46. The maximum atomic E-state index is 7.64. The fourth-order valence-corrected chi connectivity index (χ4v) is 9.73. The molecule has 12 rings (SSSR count). The van der Waals surface area contributed by atoms with E-state index in [-0.39, 0.29) is 0 Å². The van der Waals surface area contributed by atoms with Crippen LogP contribution in [0.4, 0.5) is 39.8 Å². The van der Waals surface area contributed by atoms with Crippen molar-refractivity contribution in [3.05, 3.63) is 254 Å². The van der Waals surface area contributed by atoms with Gasteiger partial charge >= 0.3 is 0 Å². The van der Waals surface area contributed by atoms with E-state index >= 15 is 0 Å². The van der Waals surface area contributed by atoms with E-state index in [1.54, 1.807) is 0 Å². The van der Waals surface area contributed by atoms with Gasteiger partial charge in [0.15, 0.2) is 5.69 Å². The van der Waals surface area contributed by atoms with Crippen molar-refractivity contribution in [3.8, 4) is 16.8 Å². The first-order chi connectivity index (χ1) is 32.2. The van der Waals surface area contributed by atoms with Crippen molar-refractivity contribution < 1.29 is 0 Å². The lowest BCUT2D eigenvalue weighted by atomic mass is 9.95. The quantitative estimate of drug-likeness (QED) is 0.142. The normalized spacial score (nSPS) is 11.4. The van der Waals surface area contributed by atoms with Crippen LogP contribution >= 0.6 is 0 Å². The first-order valence-electron chi connectivity index (χ1n) is 22.0. The lowest BCUT2D eigenvalue weighted by molar-refractivity contribution is 1.18. The Kier molecular flexibility index (Phi) is 9.18. The minimum Gasteiger partial charge on any atom is -0.311 e. The van der Waals surface area contributed by atoms with E-state index in [9.17, 15) is 0 Å². The van der Waals surface area contributed by atoms with Gasteiger partial charge in [-0.15, -0.1) is 0 Å². The van der Waals surface area contributed by atoms with Crippen LogP contribution in [-0.2, 0) is 0 Å². The standard InChI is InChI=1S/C61H40N4/c1-62-46-29-34-49(35-30-46)63(51-36-38-61-57(41-51)56-23-11-12-24-59(56)64(61)47-18-3-2-4-19-47)48-31-27-44(28-32-48)52-37-39-60(55-22-10-9-21-54(52)55)65(50-33-26-42-14-5-6-16-45(42)40-50)58-25-13-17-43-15-7-8-20-53(43)58/h2-41H. The van der Waals surface area contributed by atoms with Crippen LogP contribution in [0.25, 0.3) is 75.8 Å². The van der Waals surface area contributed by atoms with Crippen LogP contribution in [0, 0.1) is 6.57 Å². The summed E-state index contributed by atoms with van der Waals surface area (Å²) in [5, 5.41) is 9.53. The summed E-state index contributed by atoms with van der Waals surface area (Å²) in [6.07, 6.45) is 0. The molecule has 0 atom stereocenters. The van der Waals surface area contributed by atoms with Crippen molar-refractivity contribution in [1.29, 1.82) is 0 Å². The molecule has 0 N–H and O–H groups in total. The van der Waals surface area contributed by atoms with Crippen molar-refractivity contribution in [2.75, 3.05) is 9.80 Å². The molecule has 1 aromatic heterocycles. The lowest BCUT2D eigenvalue weighted by Gasteiger charge is -2.29. The molecule has 0 spiro atoms. The highest BCUT2D eigenvalue weighted by Gasteiger charge is 2.21. The van der Waals surface area contributed by atoms with Gasteiger partial charge < -0.3 is 14.4 Å². The summed E-state index contributed by atoms with van der Waals surface area (Å²) in [4.78, 5) is 8.41. The monoisotopic (exact) mass is 828 g/mol. The predicted octanol–water partition coefficient (Wildman–Crippen LogP) is 17.4. The van der Waals surface area contributed by atoms with Crippen LogP contribution in [-0.4, -0.2) is 4.57 Å². The van der Waals surface area contributed by atoms with Gasteiger partial charge in [-0.2, -0.15) is 0 Å². The molecule has 0 saturated carbocycles. The molecule has 304 valence electrons. The van der Waals surface area contributed by atoms with Gasteiger partial charge in [0.2, 0.25) is 0 Å². The van der Waals surface area contributed by atoms with Gasteiger partial charge in [0.05, 0.1) is 29.0 Å². The van der Waals surface area contributed by atoms with E-state index in [1.807, 2.05) is 24.3 Å². The van der Waals surface area contributed by atoms with Crippen LogP contribution in [0.3, 0.4) is 0 Å². The Balaban J connectivity index is 0.986. The van der Waals surface area contributed by atoms with Crippen molar-refractivity contribution in [2.24, 2.45) is 0 Å². The van der Waals surface area contributed by atoms with Gasteiger partial charge in [0.1, 0.15) is 0 Å². The van der Waals surface area contributed by atoms with Crippen molar-refractivity contribution in [1.82, 2.24) is 4.57 Å². The molecule has 0 bridgehead atoms. The predicted molar refractivity (Wildman–Crippen MR) is 274 cm³/mol. The van der Waals surface area contributed by atoms with Crippen molar-refractivity contribution in [3.63, 3.8) is 0 Å². The van der Waals surface area contributed by atoms with Gasteiger partial charge in [-0.05, 0) is 118 Å². The zero-order chi connectivity index (χ0) is 43.3. The molecule has 4 heteroatoms. The lowest BCUT2D eigenvalue weighted by Crippen LogP contribution is -2.11. The number of nitrogens with zero attached hydrogens (tertiary/aromatic N) is 4. The zero-order valence-corrected chi connectivity index (χ0v) is 35.4. The Bertz CT molecular complexity index is 3780. The molecule has 1 heterocycles. The van der Waals surface area contributed by atoms with Crippen molar-refractivity contribution in [2.45, 2.75) is 0 Å². The molecule has 0 aliphatic rings. The number of hydrogen-bond donors (Lipinski definition) is 0. The first kappa shape index (κ1) is 37.8. The van der Waals surface area contributed by atoms with Crippen LogP contribution < -0.4 is 9.80 Å². The highest BCUT2D eigenvalue weighted by atomic mass is 15.2. The van der Waals surface area contributed by atoms with Gasteiger partial charge in [-0.1, -0.05) is 158 Å². The van der Waals surface area contributed by atoms with Crippen LogP contribution in [0.5, 0.6) is 0 Å². The summed E-state index contributed by atoms with van der Waals surface area (Å²) in [7, 11) is 0. The Morgan fingerprint density at radius 3 is 1.69 bits per heavy atom. The summed E-state index contributed by atoms with van der Waals surface area (Å²) in [5.41, 5.74) is 12.7. The second-order valence-electron chi connectivity index (χ2n) is 16.4. The molecule has 12 aromatic rings. The van der Waals surface area contributed by atoms with Crippen LogP contribution in [0.15, 0.2) is 243 Å². The molecule has 0 amide bonds. The first-order valence-corrected chi connectivity index (χ1v) is 22.0. The maximum absolute atomic E-state index is 7.64. The Labute approximate surface area is 377 Å². The number of benzene rings is 11. The third-order valence-corrected chi connectivity index (χ3v) is 12.7. The summed E-state index contributed by atoms with van der Waals surface area (Å²) < 4.78 is 2.34. The van der Waals surface area contributed by atoms with Gasteiger partial charge in [-0.25, -0.2) is 4.85 Å². The Morgan fingerprint density at radius 1 is 0.338 bits per heavy atom. The Morgan fingerprint density at radius 2 is 0.908 bits per heavy atom. The van der Waals surface area contributed by atoms with E-state index in [1.165, 1.54) is 48.6 Å². The second-order valence-corrected chi connectivity index (χ2v) is 16.4. The number of aromatic nitrogens is 1. The van der Waals surface area contributed by atoms with E-state index in [2.05, 4.69) is 238 Å². The Hall–Kier alpha value is -8.91. The topological polar surface area (TPSA) is 15.8 Å². The number of rotatable bonds is 8. The minimum absolute atomic E-state index is 0.611. The fraction of sp³-hybridized carbons (Fsp3) is 0. The average Bonchev–Trinajstić information content (AvgIpc) is 3.71. The maximum Gasteiger partial charge on any atom is 0.187 e. The number of fused-ring (bicyclic) bond motifs is 6. The molecule has 0 fully saturated rings. The van der Waals surface area contributed by atoms with Gasteiger partial charge in [0, 0.05) is 50.0 Å². The molecule has 65 heavy (non-hydrogen) atoms. The third-order valence-electron chi connectivity index (χ3n) is 12.7. The molecule has 0 aliphatic heterocycles. The summed E-state index contributed by atoms with van der Waals surface area (Å²) >= 11 is 0. The molecule has 4 nitrogen and oxygen atoms in total. The SMILES string of the molecule is [C-]#[N+]c1ccc(N(c2ccc(-c3ccc(N(c4ccc5ccccc5c4)c4cccc5ccccc45)c4ccccc34)cc2)c2ccc3c(c2)c2ccccc2n3-c2ccccc2)cc1. The van der Waals surface area contributed by atoms with E-state index < -0.39 is 0 Å². The fourth-order valence-electron chi connectivity index (χ4n) is 9.73. The molecular weight excluding hydrogens is 789 g/mol. The van der Waals surface area contributed by atoms with Crippen LogP contribution in [0.2, 0.25) is 0 Å². The van der Waals surface area contributed by atoms with E-state index in [0.717, 1.165) is 56.5 Å². The number of anilines is 6. The van der Waals surface area contributed by atoms with Crippen LogP contribution in [0.1, 0.15) is 0 Å². The summed E-state index contributed by atoms with van der Waals surface area (Å²) in [6, 6.07) is 86.7. The third kappa shape index (κ3) is 6.54. The molecular formula is C61H40N4. The number of para-hydroxylation sites is 2. The molecule has 0 radical (unpaired) electrons. The molecule has 11 aromatic carbocycles. The van der Waals surface area contributed by atoms with Crippen molar-refractivity contribution >= 4 is 93.9 Å². The highest BCUT2D eigenvalue weighted by molar-refractivity contribution is 6.12. The zero-order valence-electron chi connectivity index (χ0n) is 35.4. The molecule has 0 unspecified atom stereocenters.